The molecule has 1 atom stereocenters. The fourth-order valence-electron chi connectivity index (χ4n) is 2.85. The number of piperidine rings is 1. The number of carbonyl (C=O) groups excluding carboxylic acids is 1. The van der Waals surface area contributed by atoms with Crippen LogP contribution in [0.15, 0.2) is 29.6 Å². The molecule has 1 saturated heterocycles. The molecule has 1 aromatic carbocycles. The number of carboxylic acid groups (broad SMARTS) is 1. The summed E-state index contributed by atoms with van der Waals surface area (Å²) >= 11 is 1.57. The summed E-state index contributed by atoms with van der Waals surface area (Å²) in [5.41, 5.74) is 2.36. The van der Waals surface area contributed by atoms with Gasteiger partial charge in [0.1, 0.15) is 0 Å². The van der Waals surface area contributed by atoms with E-state index in [1.54, 1.807) is 22.3 Å². The second-order valence-electron chi connectivity index (χ2n) is 5.76. The van der Waals surface area contributed by atoms with Gasteiger partial charge in [0.25, 0.3) is 5.91 Å². The molecule has 5 nitrogen and oxygen atoms in total. The maximum atomic E-state index is 12.7. The Morgan fingerprint density at radius 1 is 1.39 bits per heavy atom. The van der Waals surface area contributed by atoms with Gasteiger partial charge in [-0.25, -0.2) is 4.98 Å². The Morgan fingerprint density at radius 2 is 2.22 bits per heavy atom. The van der Waals surface area contributed by atoms with Gasteiger partial charge in [0.2, 0.25) is 0 Å². The molecule has 1 amide bonds. The Balaban J connectivity index is 1.81. The lowest BCUT2D eigenvalue weighted by molar-refractivity contribution is -0.143. The van der Waals surface area contributed by atoms with Crippen LogP contribution in [0, 0.1) is 12.8 Å². The number of carbonyl (C=O) groups is 2. The number of nitrogens with zero attached hydrogens (tertiary/aromatic N) is 2. The minimum atomic E-state index is -0.825. The Morgan fingerprint density at radius 3 is 2.91 bits per heavy atom. The Kier molecular flexibility index (Phi) is 4.43. The van der Waals surface area contributed by atoms with Crippen LogP contribution in [0.4, 0.5) is 0 Å². The number of aryl methyl sites for hydroxylation is 1. The lowest BCUT2D eigenvalue weighted by atomic mass is 9.97. The first-order valence-corrected chi connectivity index (χ1v) is 8.47. The van der Waals surface area contributed by atoms with E-state index in [1.165, 1.54) is 0 Å². The minimum Gasteiger partial charge on any atom is -0.481 e. The Labute approximate surface area is 138 Å². The zero-order valence-corrected chi connectivity index (χ0v) is 13.7. The predicted molar refractivity (Wildman–Crippen MR) is 88.6 cm³/mol. The van der Waals surface area contributed by atoms with Crippen molar-refractivity contribution in [3.63, 3.8) is 0 Å². The van der Waals surface area contributed by atoms with E-state index in [-0.39, 0.29) is 12.5 Å². The first-order valence-electron chi connectivity index (χ1n) is 7.59. The van der Waals surface area contributed by atoms with E-state index < -0.39 is 11.9 Å². The third kappa shape index (κ3) is 3.42. The molecular formula is C17H18N2O3S. The van der Waals surface area contributed by atoms with Crippen LogP contribution in [0.2, 0.25) is 0 Å². The van der Waals surface area contributed by atoms with Crippen molar-refractivity contribution in [3.8, 4) is 11.3 Å². The highest BCUT2D eigenvalue weighted by atomic mass is 32.1. The van der Waals surface area contributed by atoms with Gasteiger partial charge in [-0.05, 0) is 31.9 Å². The average molecular weight is 330 g/mol. The van der Waals surface area contributed by atoms with Crippen LogP contribution >= 0.6 is 11.3 Å². The first kappa shape index (κ1) is 15.7. The normalized spacial score (nSPS) is 18.0. The van der Waals surface area contributed by atoms with Crippen molar-refractivity contribution in [1.29, 1.82) is 0 Å². The molecule has 3 rings (SSSR count). The van der Waals surface area contributed by atoms with Crippen LogP contribution in [0.1, 0.15) is 28.2 Å². The van der Waals surface area contributed by atoms with E-state index in [4.69, 9.17) is 5.11 Å². The van der Waals surface area contributed by atoms with Crippen molar-refractivity contribution in [2.24, 2.45) is 5.92 Å². The lowest BCUT2D eigenvalue weighted by Gasteiger charge is -2.30. The fourth-order valence-corrected chi connectivity index (χ4v) is 3.48. The van der Waals surface area contributed by atoms with Crippen LogP contribution < -0.4 is 0 Å². The zero-order chi connectivity index (χ0) is 16.4. The van der Waals surface area contributed by atoms with Gasteiger partial charge in [0.05, 0.1) is 16.6 Å². The summed E-state index contributed by atoms with van der Waals surface area (Å²) in [5, 5.41) is 12.1. The second-order valence-corrected chi connectivity index (χ2v) is 6.82. The van der Waals surface area contributed by atoms with Crippen molar-refractivity contribution in [3.05, 3.63) is 40.2 Å². The molecule has 1 fully saturated rings. The van der Waals surface area contributed by atoms with E-state index in [0.29, 0.717) is 18.5 Å². The summed E-state index contributed by atoms with van der Waals surface area (Å²) in [6.07, 6.45) is 1.37. The summed E-state index contributed by atoms with van der Waals surface area (Å²) < 4.78 is 0. The lowest BCUT2D eigenvalue weighted by Crippen LogP contribution is -2.42. The summed E-state index contributed by atoms with van der Waals surface area (Å²) in [4.78, 5) is 29.9. The smallest absolute Gasteiger partial charge is 0.308 e. The van der Waals surface area contributed by atoms with E-state index in [1.807, 2.05) is 30.5 Å². The van der Waals surface area contributed by atoms with Crippen LogP contribution in [-0.4, -0.2) is 40.0 Å². The highest BCUT2D eigenvalue weighted by Crippen LogP contribution is 2.24. The summed E-state index contributed by atoms with van der Waals surface area (Å²) in [5.74, 6) is -1.39. The highest BCUT2D eigenvalue weighted by Gasteiger charge is 2.28. The number of carboxylic acids is 1. The quantitative estimate of drug-likeness (QED) is 0.939. The largest absolute Gasteiger partial charge is 0.481 e. The molecule has 6 heteroatoms. The number of thiazole rings is 1. The number of benzene rings is 1. The van der Waals surface area contributed by atoms with Gasteiger partial charge < -0.3 is 10.0 Å². The molecule has 0 aliphatic carbocycles. The number of hydrogen-bond acceptors (Lipinski definition) is 4. The molecule has 2 aromatic rings. The fraction of sp³-hybridized carbons (Fsp3) is 0.353. The predicted octanol–water partition coefficient (Wildman–Crippen LogP) is 3.06. The maximum Gasteiger partial charge on any atom is 0.308 e. The summed E-state index contributed by atoms with van der Waals surface area (Å²) in [7, 11) is 0. The molecule has 0 unspecified atom stereocenters. The molecule has 120 valence electrons. The molecule has 0 bridgehead atoms. The number of aromatic nitrogens is 1. The van der Waals surface area contributed by atoms with Crippen molar-refractivity contribution in [2.45, 2.75) is 19.8 Å². The van der Waals surface area contributed by atoms with E-state index in [0.717, 1.165) is 22.7 Å². The Hall–Kier alpha value is -2.21. The monoisotopic (exact) mass is 330 g/mol. The summed E-state index contributed by atoms with van der Waals surface area (Å²) in [6.45, 7) is 2.85. The van der Waals surface area contributed by atoms with E-state index in [9.17, 15) is 9.59 Å². The van der Waals surface area contributed by atoms with Gasteiger partial charge in [-0.1, -0.05) is 12.1 Å². The number of likely N-dealkylation sites (tertiary alicyclic amines) is 1. The number of aliphatic carboxylic acids is 1. The van der Waals surface area contributed by atoms with Crippen molar-refractivity contribution >= 4 is 23.2 Å². The van der Waals surface area contributed by atoms with Gasteiger partial charge in [-0.15, -0.1) is 11.3 Å². The molecule has 23 heavy (non-hydrogen) atoms. The Bertz CT molecular complexity index is 741. The van der Waals surface area contributed by atoms with E-state index in [2.05, 4.69) is 4.98 Å². The molecule has 0 saturated carbocycles. The SMILES string of the molecule is Cc1nc(-c2cccc(C(=O)N3CCC[C@@H](C(=O)O)C3)c2)cs1. The summed E-state index contributed by atoms with van der Waals surface area (Å²) in [6, 6.07) is 7.38. The molecule has 1 aliphatic rings. The van der Waals surface area contributed by atoms with Crippen LogP contribution in [0.5, 0.6) is 0 Å². The van der Waals surface area contributed by atoms with Crippen molar-refractivity contribution in [1.82, 2.24) is 9.88 Å². The van der Waals surface area contributed by atoms with Crippen LogP contribution in [-0.2, 0) is 4.79 Å². The zero-order valence-electron chi connectivity index (χ0n) is 12.9. The molecule has 2 heterocycles. The van der Waals surface area contributed by atoms with Crippen molar-refractivity contribution in [2.75, 3.05) is 13.1 Å². The second kappa shape index (κ2) is 6.50. The maximum absolute atomic E-state index is 12.7. The number of amides is 1. The minimum absolute atomic E-state index is 0.107. The first-order chi connectivity index (χ1) is 11.0. The molecule has 1 aromatic heterocycles. The standard InChI is InChI=1S/C17H18N2O3S/c1-11-18-15(10-23-11)12-4-2-5-13(8-12)16(20)19-7-3-6-14(9-19)17(21)22/h2,4-5,8,10,14H,3,6-7,9H2,1H3,(H,21,22)/t14-/m1/s1. The van der Waals surface area contributed by atoms with Gasteiger partial charge in [0.15, 0.2) is 0 Å². The number of hydrogen-bond donors (Lipinski definition) is 1. The molecule has 1 N–H and O–H groups in total. The average Bonchev–Trinajstić information content (AvgIpc) is 3.01. The van der Waals surface area contributed by atoms with Gasteiger partial charge >= 0.3 is 5.97 Å². The highest BCUT2D eigenvalue weighted by molar-refractivity contribution is 7.09. The number of rotatable bonds is 3. The van der Waals surface area contributed by atoms with Gasteiger partial charge in [-0.3, -0.25) is 9.59 Å². The topological polar surface area (TPSA) is 70.5 Å². The van der Waals surface area contributed by atoms with E-state index >= 15 is 0 Å². The van der Waals surface area contributed by atoms with Gasteiger partial charge in [-0.2, -0.15) is 0 Å². The third-order valence-corrected chi connectivity index (χ3v) is 4.86. The van der Waals surface area contributed by atoms with Crippen LogP contribution in [0.25, 0.3) is 11.3 Å². The molecular weight excluding hydrogens is 312 g/mol. The third-order valence-electron chi connectivity index (χ3n) is 4.08. The molecule has 0 radical (unpaired) electrons. The van der Waals surface area contributed by atoms with Gasteiger partial charge in [0, 0.05) is 29.6 Å². The molecule has 1 aliphatic heterocycles. The van der Waals surface area contributed by atoms with Crippen LogP contribution in [0.3, 0.4) is 0 Å². The molecule has 0 spiro atoms. The van der Waals surface area contributed by atoms with Crippen molar-refractivity contribution < 1.29 is 14.7 Å².